The molecule has 0 aliphatic heterocycles. The summed E-state index contributed by atoms with van der Waals surface area (Å²) in [5.74, 6) is 2.34. The van der Waals surface area contributed by atoms with Crippen LogP contribution in [0.15, 0.2) is 22.6 Å². The van der Waals surface area contributed by atoms with Gasteiger partial charge in [0.05, 0.1) is 17.7 Å². The zero-order chi connectivity index (χ0) is 15.6. The van der Waals surface area contributed by atoms with Crippen LogP contribution in [0.2, 0.25) is 10.0 Å². The highest BCUT2D eigenvalue weighted by Crippen LogP contribution is 2.37. The Morgan fingerprint density at radius 1 is 1.14 bits per heavy atom. The van der Waals surface area contributed by atoms with Crippen molar-refractivity contribution in [3.8, 4) is 5.75 Å². The summed E-state index contributed by atoms with van der Waals surface area (Å²) in [6.07, 6.45) is 0. The summed E-state index contributed by atoms with van der Waals surface area (Å²) >= 11 is 12.7. The molecule has 114 valence electrons. The summed E-state index contributed by atoms with van der Waals surface area (Å²) < 4.78 is 11.1. The Morgan fingerprint density at radius 3 is 2.38 bits per heavy atom. The predicted molar refractivity (Wildman–Crippen MR) is 86.7 cm³/mol. The van der Waals surface area contributed by atoms with Crippen LogP contribution in [-0.2, 0) is 0 Å². The van der Waals surface area contributed by atoms with Gasteiger partial charge in [-0.1, -0.05) is 23.2 Å². The van der Waals surface area contributed by atoms with E-state index in [1.54, 1.807) is 6.07 Å². The van der Waals surface area contributed by atoms with Crippen molar-refractivity contribution >= 4 is 23.2 Å². The zero-order valence-corrected chi connectivity index (χ0v) is 14.1. The lowest BCUT2D eigenvalue weighted by molar-refractivity contribution is 0.340. The third kappa shape index (κ3) is 3.37. The highest BCUT2D eigenvalue weighted by molar-refractivity contribution is 6.34. The van der Waals surface area contributed by atoms with Gasteiger partial charge in [-0.05, 0) is 45.5 Å². The minimum atomic E-state index is -0.0804. The van der Waals surface area contributed by atoms with Crippen LogP contribution in [0.3, 0.4) is 0 Å². The average molecular weight is 328 g/mol. The van der Waals surface area contributed by atoms with E-state index in [2.05, 4.69) is 5.32 Å². The number of nitrogens with one attached hydrogen (secondary N) is 1. The van der Waals surface area contributed by atoms with Gasteiger partial charge in [-0.2, -0.15) is 0 Å². The third-order valence-electron chi connectivity index (χ3n) is 3.34. The number of rotatable bonds is 5. The molecule has 0 amide bonds. The van der Waals surface area contributed by atoms with E-state index < -0.39 is 0 Å². The fourth-order valence-corrected chi connectivity index (χ4v) is 2.94. The van der Waals surface area contributed by atoms with Crippen molar-refractivity contribution in [3.05, 3.63) is 50.9 Å². The van der Waals surface area contributed by atoms with Crippen LogP contribution in [0.5, 0.6) is 5.75 Å². The molecule has 1 heterocycles. The van der Waals surface area contributed by atoms with Gasteiger partial charge in [-0.15, -0.1) is 0 Å². The molecule has 0 aliphatic carbocycles. The zero-order valence-electron chi connectivity index (χ0n) is 12.6. The summed E-state index contributed by atoms with van der Waals surface area (Å²) in [5.41, 5.74) is 1.95. The maximum Gasteiger partial charge on any atom is 0.139 e. The Hall–Kier alpha value is -1.16. The standard InChI is InChI=1S/C16H19Cl2NO2/c1-5-20-15-8-13(17)12(7-14(15)18)16(19-4)11-6-9(2)21-10(11)3/h6-8,16,19H,5H2,1-4H3. The van der Waals surface area contributed by atoms with Gasteiger partial charge in [-0.3, -0.25) is 0 Å². The van der Waals surface area contributed by atoms with E-state index in [0.717, 1.165) is 22.6 Å². The maximum absolute atomic E-state index is 6.41. The van der Waals surface area contributed by atoms with E-state index >= 15 is 0 Å². The van der Waals surface area contributed by atoms with Gasteiger partial charge in [0, 0.05) is 16.7 Å². The molecule has 1 unspecified atom stereocenters. The van der Waals surface area contributed by atoms with Crippen LogP contribution >= 0.6 is 23.2 Å². The predicted octanol–water partition coefficient (Wildman–Crippen LogP) is 4.91. The molecule has 1 aromatic carbocycles. The smallest absolute Gasteiger partial charge is 0.139 e. The molecule has 5 heteroatoms. The van der Waals surface area contributed by atoms with Gasteiger partial charge in [0.15, 0.2) is 0 Å². The molecule has 0 radical (unpaired) electrons. The Morgan fingerprint density at radius 2 is 1.86 bits per heavy atom. The van der Waals surface area contributed by atoms with Gasteiger partial charge < -0.3 is 14.5 Å². The van der Waals surface area contributed by atoms with Gasteiger partial charge in [-0.25, -0.2) is 0 Å². The van der Waals surface area contributed by atoms with E-state index in [1.807, 2.05) is 40.0 Å². The SMILES string of the molecule is CCOc1cc(Cl)c(C(NC)c2cc(C)oc2C)cc1Cl. The van der Waals surface area contributed by atoms with Gasteiger partial charge >= 0.3 is 0 Å². The van der Waals surface area contributed by atoms with E-state index in [9.17, 15) is 0 Å². The van der Waals surface area contributed by atoms with Gasteiger partial charge in [0.1, 0.15) is 17.3 Å². The van der Waals surface area contributed by atoms with E-state index in [4.69, 9.17) is 32.4 Å². The Labute approximate surface area is 135 Å². The van der Waals surface area contributed by atoms with Crippen molar-refractivity contribution in [1.82, 2.24) is 5.32 Å². The number of hydrogen-bond acceptors (Lipinski definition) is 3. The largest absolute Gasteiger partial charge is 0.492 e. The van der Waals surface area contributed by atoms with E-state index in [0.29, 0.717) is 22.4 Å². The first-order valence-corrected chi connectivity index (χ1v) is 7.59. The van der Waals surface area contributed by atoms with Crippen LogP contribution < -0.4 is 10.1 Å². The second-order valence-electron chi connectivity index (χ2n) is 4.83. The second kappa shape index (κ2) is 6.73. The molecular formula is C16H19Cl2NO2. The Kier molecular flexibility index (Phi) is 5.20. The first kappa shape index (κ1) is 16.2. The average Bonchev–Trinajstić information content (AvgIpc) is 2.75. The summed E-state index contributed by atoms with van der Waals surface area (Å²) in [5, 5.41) is 4.43. The molecular weight excluding hydrogens is 309 g/mol. The molecule has 1 N–H and O–H groups in total. The first-order valence-electron chi connectivity index (χ1n) is 6.83. The van der Waals surface area contributed by atoms with Gasteiger partial charge in [0.25, 0.3) is 0 Å². The number of halogens is 2. The molecule has 0 fully saturated rings. The molecule has 1 atom stereocenters. The highest BCUT2D eigenvalue weighted by Gasteiger charge is 2.21. The molecule has 0 bridgehead atoms. The maximum atomic E-state index is 6.41. The molecule has 2 rings (SSSR count). The van der Waals surface area contributed by atoms with E-state index in [1.165, 1.54) is 0 Å². The van der Waals surface area contributed by atoms with Crippen molar-refractivity contribution in [3.63, 3.8) is 0 Å². The summed E-state index contributed by atoms with van der Waals surface area (Å²) in [6, 6.07) is 5.53. The number of aryl methyl sites for hydroxylation is 2. The quantitative estimate of drug-likeness (QED) is 0.847. The Bertz CT molecular complexity index is 637. The fraction of sp³-hybridized carbons (Fsp3) is 0.375. The molecule has 0 spiro atoms. The Balaban J connectivity index is 2.48. The van der Waals surface area contributed by atoms with Crippen LogP contribution in [0.4, 0.5) is 0 Å². The monoisotopic (exact) mass is 327 g/mol. The molecule has 0 aliphatic rings. The normalized spacial score (nSPS) is 12.5. The molecule has 0 saturated carbocycles. The topological polar surface area (TPSA) is 34.4 Å². The summed E-state index contributed by atoms with van der Waals surface area (Å²) in [7, 11) is 1.88. The molecule has 0 saturated heterocycles. The minimum Gasteiger partial charge on any atom is -0.492 e. The van der Waals surface area contributed by atoms with E-state index in [-0.39, 0.29) is 6.04 Å². The lowest BCUT2D eigenvalue weighted by atomic mass is 9.99. The van der Waals surface area contributed by atoms with Crippen LogP contribution in [0, 0.1) is 13.8 Å². The summed E-state index contributed by atoms with van der Waals surface area (Å²) in [4.78, 5) is 0. The van der Waals surface area contributed by atoms with Gasteiger partial charge in [0.2, 0.25) is 0 Å². The van der Waals surface area contributed by atoms with Crippen LogP contribution in [0.25, 0.3) is 0 Å². The van der Waals surface area contributed by atoms with Crippen molar-refractivity contribution in [2.75, 3.05) is 13.7 Å². The number of hydrogen-bond donors (Lipinski definition) is 1. The van der Waals surface area contributed by atoms with Crippen LogP contribution in [0.1, 0.15) is 35.6 Å². The molecule has 3 nitrogen and oxygen atoms in total. The van der Waals surface area contributed by atoms with Crippen molar-refractivity contribution in [2.45, 2.75) is 26.8 Å². The van der Waals surface area contributed by atoms with Crippen molar-refractivity contribution in [1.29, 1.82) is 0 Å². The summed E-state index contributed by atoms with van der Waals surface area (Å²) in [6.45, 7) is 6.32. The molecule has 21 heavy (non-hydrogen) atoms. The minimum absolute atomic E-state index is 0.0804. The lowest BCUT2D eigenvalue weighted by Gasteiger charge is -2.19. The van der Waals surface area contributed by atoms with Crippen molar-refractivity contribution in [2.24, 2.45) is 0 Å². The molecule has 1 aromatic heterocycles. The van der Waals surface area contributed by atoms with Crippen molar-refractivity contribution < 1.29 is 9.15 Å². The fourth-order valence-electron chi connectivity index (χ4n) is 2.45. The van der Waals surface area contributed by atoms with Crippen LogP contribution in [-0.4, -0.2) is 13.7 Å². The first-order chi connectivity index (χ1) is 9.97. The third-order valence-corrected chi connectivity index (χ3v) is 3.96. The molecule has 2 aromatic rings. The number of benzene rings is 1. The number of furan rings is 1. The lowest BCUT2D eigenvalue weighted by Crippen LogP contribution is -2.18. The highest BCUT2D eigenvalue weighted by atomic mass is 35.5. The number of ether oxygens (including phenoxy) is 1. The second-order valence-corrected chi connectivity index (χ2v) is 5.64.